The third kappa shape index (κ3) is 1.20. The van der Waals surface area contributed by atoms with Crippen LogP contribution in [0.4, 0.5) is 0 Å². The Morgan fingerprint density at radius 1 is 1.21 bits per heavy atom. The summed E-state index contributed by atoms with van der Waals surface area (Å²) in [6.07, 6.45) is 7.15. The summed E-state index contributed by atoms with van der Waals surface area (Å²) in [6, 6.07) is 5.99. The molecule has 0 bridgehead atoms. The standard InChI is InChI=1S/C11H13N3/c1-2-6-9(5-1)11-12-10-7-3-4-8-14(10)13-11/h3-4,7-9H,1-2,5-6H2. The van der Waals surface area contributed by atoms with Crippen molar-refractivity contribution in [2.75, 3.05) is 0 Å². The van der Waals surface area contributed by atoms with Crippen molar-refractivity contribution in [1.82, 2.24) is 14.6 Å². The van der Waals surface area contributed by atoms with E-state index in [0.29, 0.717) is 5.92 Å². The van der Waals surface area contributed by atoms with Gasteiger partial charge >= 0.3 is 0 Å². The van der Waals surface area contributed by atoms with E-state index in [-0.39, 0.29) is 0 Å². The van der Waals surface area contributed by atoms with E-state index in [1.807, 2.05) is 28.9 Å². The maximum atomic E-state index is 4.55. The molecule has 14 heavy (non-hydrogen) atoms. The molecule has 1 fully saturated rings. The molecule has 3 heteroatoms. The van der Waals surface area contributed by atoms with E-state index in [0.717, 1.165) is 11.5 Å². The van der Waals surface area contributed by atoms with Gasteiger partial charge in [0.05, 0.1) is 0 Å². The molecule has 1 saturated carbocycles. The third-order valence-corrected chi connectivity index (χ3v) is 2.98. The number of hydrogen-bond acceptors (Lipinski definition) is 2. The molecule has 0 radical (unpaired) electrons. The van der Waals surface area contributed by atoms with Gasteiger partial charge in [-0.2, -0.15) is 5.10 Å². The first-order valence-electron chi connectivity index (χ1n) is 5.25. The Morgan fingerprint density at radius 3 is 2.86 bits per heavy atom. The number of fused-ring (bicyclic) bond motifs is 1. The first kappa shape index (κ1) is 7.97. The largest absolute Gasteiger partial charge is 0.221 e. The Labute approximate surface area is 82.8 Å². The number of aromatic nitrogens is 3. The van der Waals surface area contributed by atoms with Gasteiger partial charge in [-0.15, -0.1) is 0 Å². The lowest BCUT2D eigenvalue weighted by Gasteiger charge is -2.00. The molecule has 72 valence electrons. The highest BCUT2D eigenvalue weighted by atomic mass is 15.3. The van der Waals surface area contributed by atoms with Crippen LogP contribution in [0.1, 0.15) is 37.4 Å². The van der Waals surface area contributed by atoms with Crippen LogP contribution < -0.4 is 0 Å². The number of hydrogen-bond donors (Lipinski definition) is 0. The normalized spacial score (nSPS) is 18.0. The van der Waals surface area contributed by atoms with Crippen LogP contribution >= 0.6 is 0 Å². The van der Waals surface area contributed by atoms with Crippen molar-refractivity contribution in [3.63, 3.8) is 0 Å². The monoisotopic (exact) mass is 187 g/mol. The molecular weight excluding hydrogens is 174 g/mol. The molecule has 2 aromatic rings. The van der Waals surface area contributed by atoms with Gasteiger partial charge in [0.25, 0.3) is 0 Å². The van der Waals surface area contributed by atoms with E-state index >= 15 is 0 Å². The fourth-order valence-corrected chi connectivity index (χ4v) is 2.21. The minimum Gasteiger partial charge on any atom is -0.221 e. The van der Waals surface area contributed by atoms with Crippen molar-refractivity contribution in [1.29, 1.82) is 0 Å². The lowest BCUT2D eigenvalue weighted by molar-refractivity contribution is 0.666. The molecular formula is C11H13N3. The summed E-state index contributed by atoms with van der Waals surface area (Å²) in [5.41, 5.74) is 0.967. The lowest BCUT2D eigenvalue weighted by Crippen LogP contribution is -1.95. The van der Waals surface area contributed by atoms with Gasteiger partial charge in [0.15, 0.2) is 11.5 Å². The van der Waals surface area contributed by atoms with Gasteiger partial charge < -0.3 is 0 Å². The first-order valence-corrected chi connectivity index (χ1v) is 5.25. The molecule has 3 rings (SSSR count). The molecule has 0 aliphatic heterocycles. The molecule has 1 aliphatic carbocycles. The molecule has 0 unspecified atom stereocenters. The zero-order valence-corrected chi connectivity index (χ0v) is 8.06. The van der Waals surface area contributed by atoms with Gasteiger partial charge in [-0.25, -0.2) is 9.50 Å². The predicted octanol–water partition coefficient (Wildman–Crippen LogP) is 2.39. The van der Waals surface area contributed by atoms with Gasteiger partial charge in [0.2, 0.25) is 0 Å². The fourth-order valence-electron chi connectivity index (χ4n) is 2.21. The van der Waals surface area contributed by atoms with Crippen LogP contribution in [-0.4, -0.2) is 14.6 Å². The summed E-state index contributed by atoms with van der Waals surface area (Å²) in [4.78, 5) is 4.55. The number of rotatable bonds is 1. The summed E-state index contributed by atoms with van der Waals surface area (Å²) in [5, 5.41) is 4.50. The average molecular weight is 187 g/mol. The number of nitrogens with zero attached hydrogens (tertiary/aromatic N) is 3. The summed E-state index contributed by atoms with van der Waals surface area (Å²) >= 11 is 0. The molecule has 2 aromatic heterocycles. The topological polar surface area (TPSA) is 30.2 Å². The van der Waals surface area contributed by atoms with Crippen LogP contribution in [0.3, 0.4) is 0 Å². The maximum Gasteiger partial charge on any atom is 0.155 e. The summed E-state index contributed by atoms with van der Waals surface area (Å²) in [7, 11) is 0. The van der Waals surface area contributed by atoms with Crippen molar-refractivity contribution in [3.05, 3.63) is 30.2 Å². The van der Waals surface area contributed by atoms with Gasteiger partial charge in [0.1, 0.15) is 0 Å². The van der Waals surface area contributed by atoms with Crippen LogP contribution in [-0.2, 0) is 0 Å². The Balaban J connectivity index is 2.05. The molecule has 0 N–H and O–H groups in total. The van der Waals surface area contributed by atoms with Crippen molar-refractivity contribution in [3.8, 4) is 0 Å². The molecule has 1 aliphatic rings. The Kier molecular flexibility index (Phi) is 1.76. The van der Waals surface area contributed by atoms with E-state index < -0.39 is 0 Å². The lowest BCUT2D eigenvalue weighted by atomic mass is 10.1. The summed E-state index contributed by atoms with van der Waals surface area (Å²) in [5.74, 6) is 1.64. The Bertz CT molecular complexity index is 407. The number of pyridine rings is 1. The predicted molar refractivity (Wildman–Crippen MR) is 54.2 cm³/mol. The SMILES string of the molecule is c1ccn2nc(C3CCCC3)nc2c1. The van der Waals surface area contributed by atoms with Crippen LogP contribution in [0.25, 0.3) is 5.65 Å². The summed E-state index contributed by atoms with van der Waals surface area (Å²) < 4.78 is 1.87. The minimum atomic E-state index is 0.606. The second kappa shape index (κ2) is 3.08. The highest BCUT2D eigenvalue weighted by molar-refractivity contribution is 5.36. The molecule has 0 atom stereocenters. The van der Waals surface area contributed by atoms with Crippen molar-refractivity contribution in [2.45, 2.75) is 31.6 Å². The smallest absolute Gasteiger partial charge is 0.155 e. The van der Waals surface area contributed by atoms with E-state index in [1.165, 1.54) is 25.7 Å². The van der Waals surface area contributed by atoms with Crippen molar-refractivity contribution >= 4 is 5.65 Å². The molecule has 0 spiro atoms. The van der Waals surface area contributed by atoms with Crippen LogP contribution in [0.5, 0.6) is 0 Å². The summed E-state index contributed by atoms with van der Waals surface area (Å²) in [6.45, 7) is 0. The van der Waals surface area contributed by atoms with Crippen LogP contribution in [0, 0.1) is 0 Å². The fraction of sp³-hybridized carbons (Fsp3) is 0.455. The third-order valence-electron chi connectivity index (χ3n) is 2.98. The Morgan fingerprint density at radius 2 is 2.07 bits per heavy atom. The van der Waals surface area contributed by atoms with Gasteiger partial charge in [-0.3, -0.25) is 0 Å². The molecule has 3 nitrogen and oxygen atoms in total. The molecule has 0 amide bonds. The van der Waals surface area contributed by atoms with E-state index in [1.54, 1.807) is 0 Å². The van der Waals surface area contributed by atoms with Crippen molar-refractivity contribution < 1.29 is 0 Å². The first-order chi connectivity index (χ1) is 6.93. The van der Waals surface area contributed by atoms with E-state index in [9.17, 15) is 0 Å². The van der Waals surface area contributed by atoms with Gasteiger partial charge in [-0.05, 0) is 25.0 Å². The quantitative estimate of drug-likeness (QED) is 0.686. The van der Waals surface area contributed by atoms with Gasteiger partial charge in [0, 0.05) is 12.1 Å². The zero-order valence-electron chi connectivity index (χ0n) is 8.06. The highest BCUT2D eigenvalue weighted by Crippen LogP contribution is 2.32. The molecule has 2 heterocycles. The molecule has 0 aromatic carbocycles. The second-order valence-electron chi connectivity index (χ2n) is 3.95. The minimum absolute atomic E-state index is 0.606. The van der Waals surface area contributed by atoms with Gasteiger partial charge in [-0.1, -0.05) is 18.9 Å². The van der Waals surface area contributed by atoms with Crippen molar-refractivity contribution in [2.24, 2.45) is 0 Å². The maximum absolute atomic E-state index is 4.55. The van der Waals surface area contributed by atoms with Crippen LogP contribution in [0.2, 0.25) is 0 Å². The van der Waals surface area contributed by atoms with E-state index in [2.05, 4.69) is 10.1 Å². The second-order valence-corrected chi connectivity index (χ2v) is 3.95. The van der Waals surface area contributed by atoms with E-state index in [4.69, 9.17) is 0 Å². The average Bonchev–Trinajstić information content (AvgIpc) is 2.86. The van der Waals surface area contributed by atoms with Crippen LogP contribution in [0.15, 0.2) is 24.4 Å². The highest BCUT2D eigenvalue weighted by Gasteiger charge is 2.20. The zero-order chi connectivity index (χ0) is 9.38. The molecule has 0 saturated heterocycles. The Hall–Kier alpha value is -1.38.